The molecule has 0 spiro atoms. The van der Waals surface area contributed by atoms with Crippen molar-refractivity contribution in [3.8, 4) is 0 Å². The smallest absolute Gasteiger partial charge is 0.410 e. The number of imide groups is 1. The number of nitrogens with one attached hydrogen (secondary N) is 5. The summed E-state index contributed by atoms with van der Waals surface area (Å²) >= 11 is 3.72. The number of rotatable bonds is 33. The summed E-state index contributed by atoms with van der Waals surface area (Å²) in [6, 6.07) is 3.25. The Kier molecular flexibility index (Phi) is 27.2. The van der Waals surface area contributed by atoms with Crippen molar-refractivity contribution in [3.63, 3.8) is 0 Å². The number of nitrogens with zero attached hydrogens (tertiary/aromatic N) is 3. The maximum absolute atomic E-state index is 14.1. The Morgan fingerprint density at radius 3 is 1.90 bits per heavy atom. The van der Waals surface area contributed by atoms with Crippen LogP contribution in [0.25, 0.3) is 0 Å². The first-order chi connectivity index (χ1) is 34.4. The summed E-state index contributed by atoms with van der Waals surface area (Å²) in [6.45, 7) is 26.1. The van der Waals surface area contributed by atoms with Crippen molar-refractivity contribution in [2.45, 2.75) is 157 Å². The molecule has 7 atom stereocenters. The van der Waals surface area contributed by atoms with E-state index in [2.05, 4.69) is 71.4 Å². The molecule has 2 rings (SSSR count). The zero-order valence-corrected chi connectivity index (χ0v) is 46.0. The molecule has 0 aliphatic carbocycles. The minimum Gasteiger partial charge on any atom is -0.445 e. The van der Waals surface area contributed by atoms with Gasteiger partial charge in [0.25, 0.3) is 11.8 Å². The van der Waals surface area contributed by atoms with E-state index in [-0.39, 0.29) is 97.5 Å². The molecule has 5 unspecified atom stereocenters. The lowest BCUT2D eigenvalue weighted by Crippen LogP contribution is -2.56. The first-order valence-electron chi connectivity index (χ1n) is 25.6. The van der Waals surface area contributed by atoms with Gasteiger partial charge in [-0.2, -0.15) is 0 Å². The Labute approximate surface area is 439 Å². The third-order valence-electron chi connectivity index (χ3n) is 13.3. The molecule has 0 aromatic heterocycles. The summed E-state index contributed by atoms with van der Waals surface area (Å²) in [5.41, 5.74) is 7.36. The maximum Gasteiger partial charge on any atom is 0.410 e. The molecule has 20 heteroatoms. The Balaban J connectivity index is 2.11. The summed E-state index contributed by atoms with van der Waals surface area (Å²) in [5.74, 6) is -3.14. The number of likely N-dealkylation sites (N-methyl/N-ethyl adjacent to an activating group) is 2. The second-order valence-corrected chi connectivity index (χ2v) is 20.2. The highest BCUT2D eigenvalue weighted by molar-refractivity contribution is 7.75. The van der Waals surface area contributed by atoms with Gasteiger partial charge >= 0.3 is 12.1 Å². The number of benzene rings is 1. The molecule has 19 nitrogen and oxygen atoms in total. The largest absolute Gasteiger partial charge is 0.445 e. The predicted octanol–water partition coefficient (Wildman–Crippen LogP) is 5.93. The van der Waals surface area contributed by atoms with Crippen LogP contribution >= 0.6 is 12.9 Å². The van der Waals surface area contributed by atoms with Crippen LogP contribution in [0.2, 0.25) is 0 Å². The summed E-state index contributed by atoms with van der Waals surface area (Å²) in [7, 11) is 3.45. The minimum atomic E-state index is -0.994. The van der Waals surface area contributed by atoms with Crippen molar-refractivity contribution in [1.29, 1.82) is 0 Å². The number of thiol groups is 1. The molecule has 7 N–H and O–H groups in total. The number of hydrogen-bond acceptors (Lipinski definition) is 14. The van der Waals surface area contributed by atoms with Crippen molar-refractivity contribution in [2.24, 2.45) is 35.3 Å². The van der Waals surface area contributed by atoms with Gasteiger partial charge in [0.1, 0.15) is 24.7 Å². The molecule has 1 aromatic rings. The van der Waals surface area contributed by atoms with Crippen LogP contribution in [0.4, 0.5) is 10.5 Å². The van der Waals surface area contributed by atoms with Gasteiger partial charge in [-0.05, 0) is 73.0 Å². The van der Waals surface area contributed by atoms with E-state index < -0.39 is 48.0 Å². The first kappa shape index (κ1) is 63.1. The lowest BCUT2D eigenvalue weighted by molar-refractivity contribution is -0.137. The van der Waals surface area contributed by atoms with E-state index in [1.807, 2.05) is 41.7 Å². The number of amides is 7. The molecule has 0 radical (unpaired) electrons. The minimum absolute atomic E-state index is 0.0528. The number of carbonyl (C=O) groups is 8. The summed E-state index contributed by atoms with van der Waals surface area (Å²) in [6.07, 6.45) is 5.92. The van der Waals surface area contributed by atoms with Crippen LogP contribution in [0, 0.1) is 29.6 Å². The molecule has 7 amide bonds. The summed E-state index contributed by atoms with van der Waals surface area (Å²) < 4.78 is 10.4. The van der Waals surface area contributed by atoms with Crippen LogP contribution in [0.3, 0.4) is 0 Å². The number of ether oxygens (including phenoxy) is 1. The van der Waals surface area contributed by atoms with Crippen LogP contribution in [-0.4, -0.2) is 120 Å². The van der Waals surface area contributed by atoms with E-state index in [4.69, 9.17) is 14.7 Å². The zero-order chi connectivity index (χ0) is 55.1. The van der Waals surface area contributed by atoms with Gasteiger partial charge in [-0.15, -0.1) is 0 Å². The fraction of sp³-hybridized carbons (Fsp3) is 0.623. The molecule has 0 saturated heterocycles. The molecule has 1 heterocycles. The molecular formula is C53H85N9O10S. The molecule has 1 aromatic carbocycles. The third-order valence-corrected chi connectivity index (χ3v) is 13.5. The highest BCUT2D eigenvalue weighted by Crippen LogP contribution is 2.31. The molecule has 1 aliphatic rings. The number of carbonyl (C=O) groups excluding carboxylic acids is 8. The number of unbranched alkanes of at least 4 members (excludes halogenated alkanes) is 2. The standard InChI is InChI=1S/C53H85N9O10S/c1-14-35(9)49(39(15-2)30-45(66)72-73)60(12)36(10)46(32(3)4)59-52(69)48(34(7)8)61(13)53(70)71-31-38-22-24-40(25-23-38)56-50(67)41(20-19-28-55-37(11)54)57-51(68)47(33(5)6)58-42(63)21-17-16-18-29-62-43(64)26-27-44(62)65/h22-27,32-35,39,41,46-49,55,73H,10-11,14-21,28-31,54H2,1-9,12-13H3,(H,56,67)(H,57,68)(H,58,63)(H,59,69)/t35?,39?,41-,46-,47?,48?,49?/m0/s1. The SMILES string of the molecule is C=C(N)NCCC[C@H](NC(=O)C(NC(=O)CCCCCN1C(=O)C=CC1=O)C(C)C)C(=O)Nc1ccc(COC(=O)N(C)C(C(=O)N[C@H](C(=C)N(C)C(C(C)CC)C(CC)CC(=O)OS)C(C)C)C(C)C)cc1. The molecule has 0 fully saturated rings. The van der Waals surface area contributed by atoms with E-state index >= 15 is 0 Å². The van der Waals surface area contributed by atoms with Gasteiger partial charge < -0.3 is 46.1 Å². The van der Waals surface area contributed by atoms with Crippen molar-refractivity contribution in [3.05, 3.63) is 66.7 Å². The Hall–Kier alpha value is -6.05. The topological polar surface area (TPSA) is 251 Å². The fourth-order valence-corrected chi connectivity index (χ4v) is 8.97. The average Bonchev–Trinajstić information content (AvgIpc) is 3.66. The summed E-state index contributed by atoms with van der Waals surface area (Å²) in [4.78, 5) is 108. The number of hydrogen-bond donors (Lipinski definition) is 7. The van der Waals surface area contributed by atoms with Gasteiger partial charge in [0.05, 0.1) is 18.3 Å². The third kappa shape index (κ3) is 20.4. The Morgan fingerprint density at radius 2 is 1.37 bits per heavy atom. The molecule has 1 aliphatic heterocycles. The maximum atomic E-state index is 14.1. The van der Waals surface area contributed by atoms with Crippen molar-refractivity contribution >= 4 is 66.1 Å². The van der Waals surface area contributed by atoms with Crippen LogP contribution in [0.5, 0.6) is 0 Å². The van der Waals surface area contributed by atoms with Crippen LogP contribution in [0.15, 0.2) is 61.1 Å². The molecule has 73 heavy (non-hydrogen) atoms. The van der Waals surface area contributed by atoms with E-state index in [9.17, 15) is 38.4 Å². The van der Waals surface area contributed by atoms with E-state index in [0.29, 0.717) is 49.2 Å². The van der Waals surface area contributed by atoms with Crippen LogP contribution < -0.4 is 32.3 Å². The summed E-state index contributed by atoms with van der Waals surface area (Å²) in [5, 5.41) is 14.5. The number of nitrogens with two attached hydrogens (primary N) is 1. The predicted molar refractivity (Wildman–Crippen MR) is 286 cm³/mol. The van der Waals surface area contributed by atoms with Crippen molar-refractivity contribution in [1.82, 2.24) is 36.0 Å². The van der Waals surface area contributed by atoms with Crippen molar-refractivity contribution < 1.29 is 47.3 Å². The van der Waals surface area contributed by atoms with E-state index in [1.165, 1.54) is 24.1 Å². The van der Waals surface area contributed by atoms with Gasteiger partial charge in [0.15, 0.2) is 0 Å². The molecule has 408 valence electrons. The average molecular weight is 1040 g/mol. The van der Waals surface area contributed by atoms with Gasteiger partial charge in [-0.1, -0.05) is 107 Å². The number of anilines is 1. The van der Waals surface area contributed by atoms with Crippen LogP contribution in [0.1, 0.15) is 126 Å². The highest BCUT2D eigenvalue weighted by Gasteiger charge is 2.37. The van der Waals surface area contributed by atoms with Gasteiger partial charge in [-0.25, -0.2) is 4.79 Å². The fourth-order valence-electron chi connectivity index (χ4n) is 8.90. The monoisotopic (exact) mass is 1040 g/mol. The first-order valence-corrected chi connectivity index (χ1v) is 25.9. The van der Waals surface area contributed by atoms with Crippen LogP contribution in [-0.2, 0) is 49.1 Å². The van der Waals surface area contributed by atoms with E-state index in [0.717, 1.165) is 17.7 Å². The Bertz CT molecular complexity index is 2060. The van der Waals surface area contributed by atoms with Gasteiger partial charge in [0, 0.05) is 76.1 Å². The highest BCUT2D eigenvalue weighted by atomic mass is 32.1. The Morgan fingerprint density at radius 1 is 0.753 bits per heavy atom. The lowest BCUT2D eigenvalue weighted by Gasteiger charge is -2.43. The van der Waals surface area contributed by atoms with E-state index in [1.54, 1.807) is 38.1 Å². The van der Waals surface area contributed by atoms with Gasteiger partial charge in [0.2, 0.25) is 23.6 Å². The molecular weight excluding hydrogens is 955 g/mol. The quantitative estimate of drug-likeness (QED) is 0.0187. The molecule has 0 saturated carbocycles. The normalized spacial score (nSPS) is 15.1. The zero-order valence-electron chi connectivity index (χ0n) is 45.1. The molecule has 0 bridgehead atoms. The van der Waals surface area contributed by atoms with Crippen molar-refractivity contribution in [2.75, 3.05) is 32.5 Å². The second-order valence-electron chi connectivity index (χ2n) is 20.0. The van der Waals surface area contributed by atoms with Gasteiger partial charge in [-0.3, -0.25) is 43.4 Å². The second kappa shape index (κ2) is 31.5. The lowest BCUT2D eigenvalue weighted by atomic mass is 9.82.